The fourth-order valence-corrected chi connectivity index (χ4v) is 9.70. The van der Waals surface area contributed by atoms with Crippen LogP contribution in [0.4, 0.5) is 0 Å². The van der Waals surface area contributed by atoms with E-state index in [1.165, 1.54) is 41.3 Å². The number of H-pyrrole nitrogens is 1. The first-order chi connectivity index (χ1) is 38.4. The van der Waals surface area contributed by atoms with Crippen LogP contribution in [0.3, 0.4) is 0 Å². The Balaban J connectivity index is 1.22. The second kappa shape index (κ2) is 29.9. The summed E-state index contributed by atoms with van der Waals surface area (Å²) in [5.74, 6) is -6.07. The third kappa shape index (κ3) is 18.2. The molecule has 23 nitrogen and oxygen atoms in total. The Kier molecular flexibility index (Phi) is 22.7. The molecule has 24 heteroatoms. The topological polar surface area (TPSA) is 379 Å². The van der Waals surface area contributed by atoms with Crippen LogP contribution < -0.4 is 49.1 Å². The van der Waals surface area contributed by atoms with Gasteiger partial charge in [0.1, 0.15) is 47.8 Å². The van der Waals surface area contributed by atoms with Gasteiger partial charge >= 0.3 is 5.97 Å². The quantitative estimate of drug-likeness (QED) is 0.0177. The van der Waals surface area contributed by atoms with Gasteiger partial charge in [0.05, 0.1) is 12.6 Å². The van der Waals surface area contributed by atoms with Gasteiger partial charge in [-0.25, -0.2) is 4.79 Å². The van der Waals surface area contributed by atoms with Crippen LogP contribution in [0, 0.1) is 0 Å². The Hall–Kier alpha value is -8.64. The number of para-hydroxylation sites is 1. The lowest BCUT2D eigenvalue weighted by Gasteiger charge is -2.29. The van der Waals surface area contributed by atoms with Crippen molar-refractivity contribution in [2.75, 3.05) is 31.6 Å². The molecule has 0 aliphatic carbocycles. The number of rotatable bonds is 29. The van der Waals surface area contributed by atoms with Gasteiger partial charge in [-0.1, -0.05) is 72.8 Å². The van der Waals surface area contributed by atoms with Crippen molar-refractivity contribution in [1.82, 2.24) is 41.8 Å². The standard InChI is InChI=1S/C56H70N12O11S/c1-80-26-23-40(57)54(77)68-25-8-14-47(68)53(76)67-45(27-33-9-3-2-4-10-33)51(74)65-43(28-34-15-19-37(69)20-16-34)49(72)62-32-48(71)63-46(30-36-31-61-41-12-6-5-11-39(36)41)52(75)66-44(29-35-17-21-38(70)22-18-35)50(73)64-42(55(78)79)13-7-24-60-56(58)59/h2-6,9-12,15-22,31,40,42-47,61,69-70H,7-8,13-14,23-30,32,57H2,1H3,(H,62,72)(H,63,71)(H,64,73)(H,65,74)(H,66,75)(H,67,76)(H,78,79)(H4,58,59,60)/t40-,42-,43-,44-,45-,46-,47-/m0/s1. The lowest BCUT2D eigenvalue weighted by molar-refractivity contribution is -0.142. The molecule has 1 aromatic heterocycles. The third-order valence-corrected chi connectivity index (χ3v) is 14.1. The molecule has 0 bridgehead atoms. The van der Waals surface area contributed by atoms with Gasteiger partial charge in [0.2, 0.25) is 41.4 Å². The molecule has 7 atom stereocenters. The summed E-state index contributed by atoms with van der Waals surface area (Å²) in [7, 11) is 0. The molecule has 0 saturated carbocycles. The number of fused-ring (bicyclic) bond motifs is 1. The molecule has 426 valence electrons. The molecule has 0 radical (unpaired) electrons. The molecule has 6 rings (SSSR count). The van der Waals surface area contributed by atoms with E-state index in [-0.39, 0.29) is 68.4 Å². The normalized spacial score (nSPS) is 15.2. The van der Waals surface area contributed by atoms with E-state index in [0.29, 0.717) is 53.8 Å². The Labute approximate surface area is 466 Å². The highest BCUT2D eigenvalue weighted by Crippen LogP contribution is 2.22. The van der Waals surface area contributed by atoms with Crippen LogP contribution in [0.25, 0.3) is 10.9 Å². The number of nitrogens with one attached hydrogen (secondary N) is 7. The number of benzene rings is 4. The number of aromatic amines is 1. The number of thioether (sulfide) groups is 1. The number of aromatic nitrogens is 1. The van der Waals surface area contributed by atoms with Gasteiger partial charge in [0, 0.05) is 55.9 Å². The second-order valence-corrected chi connectivity index (χ2v) is 20.4. The molecule has 0 spiro atoms. The molecule has 1 saturated heterocycles. The molecule has 80 heavy (non-hydrogen) atoms. The molecular formula is C56H70N12O11S. The highest BCUT2D eigenvalue weighted by molar-refractivity contribution is 7.98. The molecular weight excluding hydrogens is 1050 g/mol. The average Bonchev–Trinajstić information content (AvgIpc) is 4.11. The smallest absolute Gasteiger partial charge is 0.326 e. The van der Waals surface area contributed by atoms with Crippen molar-refractivity contribution in [3.63, 3.8) is 0 Å². The van der Waals surface area contributed by atoms with E-state index in [1.54, 1.807) is 66.5 Å². The van der Waals surface area contributed by atoms with Crippen LogP contribution in [-0.4, -0.2) is 152 Å². The monoisotopic (exact) mass is 1120 g/mol. The van der Waals surface area contributed by atoms with Crippen LogP contribution in [-0.2, 0) is 64.0 Å². The van der Waals surface area contributed by atoms with E-state index in [9.17, 15) is 53.7 Å². The largest absolute Gasteiger partial charge is 0.508 e. The maximum atomic E-state index is 14.5. The van der Waals surface area contributed by atoms with Crippen molar-refractivity contribution in [2.45, 2.75) is 100 Å². The summed E-state index contributed by atoms with van der Waals surface area (Å²) in [4.78, 5) is 120. The number of guanidine groups is 1. The first-order valence-corrected chi connectivity index (χ1v) is 27.5. The summed E-state index contributed by atoms with van der Waals surface area (Å²) < 4.78 is 0. The summed E-state index contributed by atoms with van der Waals surface area (Å²) in [5.41, 5.74) is 20.1. The summed E-state index contributed by atoms with van der Waals surface area (Å²) in [6, 6.07) is 19.3. The SMILES string of the molecule is CSCC[C@H](N)C(=O)N1CCC[C@H]1C(=O)N[C@@H](Cc1ccccc1)C(=O)N[C@@H](Cc1ccc(O)cc1)C(=O)NCC(=O)N[C@@H](Cc1c[nH]c2ccccc12)C(=O)N[C@@H](Cc1ccc(O)cc1)C(=O)N[C@@H](CCCN=C(N)N)C(=O)O. The fraction of sp³-hybridized carbons (Fsp3) is 0.375. The Morgan fingerprint density at radius 3 is 1.80 bits per heavy atom. The maximum Gasteiger partial charge on any atom is 0.326 e. The van der Waals surface area contributed by atoms with Gasteiger partial charge in [-0.2, -0.15) is 11.8 Å². The molecule has 16 N–H and O–H groups in total. The number of carbonyl (C=O) groups excluding carboxylic acids is 7. The van der Waals surface area contributed by atoms with Gasteiger partial charge in [-0.3, -0.25) is 38.6 Å². The Morgan fingerprint density at radius 1 is 0.675 bits per heavy atom. The number of carboxylic acid groups (broad SMARTS) is 1. The number of nitrogens with two attached hydrogens (primary N) is 3. The van der Waals surface area contributed by atoms with Crippen molar-refractivity contribution in [1.29, 1.82) is 0 Å². The highest BCUT2D eigenvalue weighted by atomic mass is 32.2. The number of phenols is 2. The minimum Gasteiger partial charge on any atom is -0.508 e. The molecule has 1 aliphatic rings. The summed E-state index contributed by atoms with van der Waals surface area (Å²) >= 11 is 1.55. The zero-order chi connectivity index (χ0) is 57.7. The fourth-order valence-electron chi connectivity index (χ4n) is 9.21. The number of aliphatic imine (C=N–C) groups is 1. The van der Waals surface area contributed by atoms with Gasteiger partial charge < -0.3 is 74.3 Å². The number of phenolic OH excluding ortho intramolecular Hbond substituents is 2. The summed E-state index contributed by atoms with van der Waals surface area (Å²) in [5, 5.41) is 46.8. The van der Waals surface area contributed by atoms with Crippen LogP contribution in [0.1, 0.15) is 54.4 Å². The van der Waals surface area contributed by atoms with Crippen LogP contribution in [0.5, 0.6) is 11.5 Å². The summed E-state index contributed by atoms with van der Waals surface area (Å²) in [6.07, 6.45) is 4.57. The van der Waals surface area contributed by atoms with Crippen molar-refractivity contribution in [3.8, 4) is 11.5 Å². The number of carbonyl (C=O) groups is 8. The minimum atomic E-state index is -1.42. The molecule has 1 fully saturated rings. The summed E-state index contributed by atoms with van der Waals surface area (Å²) in [6.45, 7) is -0.313. The number of nitrogens with zero attached hydrogens (tertiary/aromatic N) is 2. The first-order valence-electron chi connectivity index (χ1n) is 26.2. The lowest BCUT2D eigenvalue weighted by atomic mass is 10.0. The van der Waals surface area contributed by atoms with E-state index >= 15 is 0 Å². The van der Waals surface area contributed by atoms with Gasteiger partial charge in [-0.15, -0.1) is 0 Å². The van der Waals surface area contributed by atoms with Crippen molar-refractivity contribution in [2.24, 2.45) is 22.2 Å². The second-order valence-electron chi connectivity index (χ2n) is 19.4. The number of hydrogen-bond acceptors (Lipinski definition) is 13. The minimum absolute atomic E-state index is 0.000443. The number of carboxylic acids is 1. The molecule has 5 aromatic rings. The first kappa shape index (κ1) is 60.6. The van der Waals surface area contributed by atoms with Gasteiger partial charge in [-0.05, 0) is 96.7 Å². The van der Waals surface area contributed by atoms with Crippen LogP contribution >= 0.6 is 11.8 Å². The maximum absolute atomic E-state index is 14.5. The predicted octanol–water partition coefficient (Wildman–Crippen LogP) is 0.600. The van der Waals surface area contributed by atoms with Crippen molar-refractivity contribution < 1.29 is 53.7 Å². The number of likely N-dealkylation sites (tertiary alicyclic amines) is 1. The van der Waals surface area contributed by atoms with Crippen molar-refractivity contribution in [3.05, 3.63) is 132 Å². The van der Waals surface area contributed by atoms with Crippen LogP contribution in [0.15, 0.2) is 114 Å². The third-order valence-electron chi connectivity index (χ3n) is 13.5. The average molecular weight is 1120 g/mol. The zero-order valence-electron chi connectivity index (χ0n) is 44.3. The van der Waals surface area contributed by atoms with Crippen LogP contribution in [0.2, 0.25) is 0 Å². The molecule has 4 aromatic carbocycles. The van der Waals surface area contributed by atoms with E-state index in [1.807, 2.05) is 24.5 Å². The van der Waals surface area contributed by atoms with E-state index in [4.69, 9.17) is 17.2 Å². The molecule has 2 heterocycles. The molecule has 0 unspecified atom stereocenters. The highest BCUT2D eigenvalue weighted by Gasteiger charge is 2.38. The number of aliphatic carboxylic acids is 1. The number of hydrogen-bond donors (Lipinski definition) is 13. The van der Waals surface area contributed by atoms with Gasteiger partial charge in [0.15, 0.2) is 5.96 Å². The Morgan fingerprint density at radius 2 is 1.21 bits per heavy atom. The lowest BCUT2D eigenvalue weighted by Crippen LogP contribution is -2.59. The molecule has 1 aliphatic heterocycles. The Bertz CT molecular complexity index is 2960. The molecule has 7 amide bonds. The predicted molar refractivity (Wildman–Crippen MR) is 302 cm³/mol. The van der Waals surface area contributed by atoms with E-state index in [0.717, 1.165) is 10.9 Å². The number of aromatic hydroxyl groups is 2. The van der Waals surface area contributed by atoms with Gasteiger partial charge in [0.25, 0.3) is 0 Å². The van der Waals surface area contributed by atoms with Crippen molar-refractivity contribution >= 4 is 75.9 Å². The zero-order valence-corrected chi connectivity index (χ0v) is 45.1. The van der Waals surface area contributed by atoms with E-state index < -0.39 is 90.3 Å². The number of amides is 7. The van der Waals surface area contributed by atoms with E-state index in [2.05, 4.69) is 41.9 Å².